The summed E-state index contributed by atoms with van der Waals surface area (Å²) in [5.41, 5.74) is 0. The zero-order chi connectivity index (χ0) is 8.20. The molecule has 1 atom stereocenters. The van der Waals surface area contributed by atoms with E-state index < -0.39 is 18.5 Å². The SMILES string of the molecule is CCC(CO)CC(F)(F)F. The molecule has 0 spiro atoms. The maximum absolute atomic E-state index is 11.6. The average Bonchev–Trinajstić information content (AvgIpc) is 1.81. The second-order valence-corrected chi connectivity index (χ2v) is 2.28. The Balaban J connectivity index is 3.63. The van der Waals surface area contributed by atoms with Crippen LogP contribution >= 0.6 is 0 Å². The van der Waals surface area contributed by atoms with Crippen molar-refractivity contribution in [2.45, 2.75) is 25.9 Å². The van der Waals surface area contributed by atoms with Crippen molar-refractivity contribution in [3.63, 3.8) is 0 Å². The summed E-state index contributed by atoms with van der Waals surface area (Å²) < 4.78 is 34.7. The molecule has 0 radical (unpaired) electrons. The summed E-state index contributed by atoms with van der Waals surface area (Å²) in [4.78, 5) is 0. The van der Waals surface area contributed by atoms with Crippen LogP contribution in [0.15, 0.2) is 0 Å². The first-order chi connectivity index (χ1) is 4.49. The monoisotopic (exact) mass is 156 g/mol. The van der Waals surface area contributed by atoms with E-state index in [9.17, 15) is 13.2 Å². The van der Waals surface area contributed by atoms with Crippen molar-refractivity contribution in [1.29, 1.82) is 0 Å². The highest BCUT2D eigenvalue weighted by molar-refractivity contribution is 4.60. The third-order valence-electron chi connectivity index (χ3n) is 1.36. The van der Waals surface area contributed by atoms with Gasteiger partial charge in [-0.25, -0.2) is 0 Å². The van der Waals surface area contributed by atoms with Crippen molar-refractivity contribution in [2.24, 2.45) is 5.92 Å². The van der Waals surface area contributed by atoms with Crippen LogP contribution in [-0.4, -0.2) is 17.9 Å². The van der Waals surface area contributed by atoms with E-state index in [-0.39, 0.29) is 6.61 Å². The molecule has 0 rings (SSSR count). The highest BCUT2D eigenvalue weighted by atomic mass is 19.4. The summed E-state index contributed by atoms with van der Waals surface area (Å²) in [6.45, 7) is 1.25. The fourth-order valence-electron chi connectivity index (χ4n) is 0.665. The van der Waals surface area contributed by atoms with E-state index >= 15 is 0 Å². The molecule has 0 aliphatic carbocycles. The van der Waals surface area contributed by atoms with Gasteiger partial charge < -0.3 is 5.11 Å². The van der Waals surface area contributed by atoms with Crippen molar-refractivity contribution >= 4 is 0 Å². The Morgan fingerprint density at radius 3 is 2.00 bits per heavy atom. The largest absolute Gasteiger partial charge is 0.396 e. The van der Waals surface area contributed by atoms with Crippen molar-refractivity contribution < 1.29 is 18.3 Å². The number of alkyl halides is 3. The number of aliphatic hydroxyl groups excluding tert-OH is 1. The van der Waals surface area contributed by atoms with Gasteiger partial charge in [-0.05, 0) is 5.92 Å². The van der Waals surface area contributed by atoms with Crippen LogP contribution in [-0.2, 0) is 0 Å². The van der Waals surface area contributed by atoms with Gasteiger partial charge in [0.1, 0.15) is 0 Å². The highest BCUT2D eigenvalue weighted by Crippen LogP contribution is 2.25. The Morgan fingerprint density at radius 2 is 1.90 bits per heavy atom. The predicted octanol–water partition coefficient (Wildman–Crippen LogP) is 1.96. The normalized spacial score (nSPS) is 15.3. The van der Waals surface area contributed by atoms with Crippen molar-refractivity contribution in [1.82, 2.24) is 0 Å². The molecule has 1 nitrogen and oxygen atoms in total. The zero-order valence-corrected chi connectivity index (χ0v) is 5.78. The lowest BCUT2D eigenvalue weighted by molar-refractivity contribution is -0.147. The van der Waals surface area contributed by atoms with Gasteiger partial charge in [0.25, 0.3) is 0 Å². The molecule has 0 bridgehead atoms. The minimum atomic E-state index is -4.14. The third kappa shape index (κ3) is 4.61. The first-order valence-corrected chi connectivity index (χ1v) is 3.17. The van der Waals surface area contributed by atoms with Crippen LogP contribution in [0.1, 0.15) is 19.8 Å². The fourth-order valence-corrected chi connectivity index (χ4v) is 0.665. The predicted molar refractivity (Wildman–Crippen MR) is 31.5 cm³/mol. The quantitative estimate of drug-likeness (QED) is 0.662. The molecule has 0 heterocycles. The first-order valence-electron chi connectivity index (χ1n) is 3.17. The molecule has 1 unspecified atom stereocenters. The van der Waals surface area contributed by atoms with Gasteiger partial charge >= 0.3 is 6.18 Å². The first kappa shape index (κ1) is 9.75. The second-order valence-electron chi connectivity index (χ2n) is 2.28. The van der Waals surface area contributed by atoms with E-state index in [1.807, 2.05) is 0 Å². The summed E-state index contributed by atoms with van der Waals surface area (Å²) in [6, 6.07) is 0. The Morgan fingerprint density at radius 1 is 1.40 bits per heavy atom. The summed E-state index contributed by atoms with van der Waals surface area (Å²) in [7, 11) is 0. The van der Waals surface area contributed by atoms with Crippen molar-refractivity contribution in [3.8, 4) is 0 Å². The maximum atomic E-state index is 11.6. The topological polar surface area (TPSA) is 20.2 Å². The lowest BCUT2D eigenvalue weighted by atomic mass is 10.0. The third-order valence-corrected chi connectivity index (χ3v) is 1.36. The molecule has 0 saturated heterocycles. The zero-order valence-electron chi connectivity index (χ0n) is 5.78. The highest BCUT2D eigenvalue weighted by Gasteiger charge is 2.30. The van der Waals surface area contributed by atoms with Crippen LogP contribution in [0.4, 0.5) is 13.2 Å². The molecule has 0 aromatic heterocycles. The Labute approximate surface area is 57.9 Å². The number of hydrogen-bond acceptors (Lipinski definition) is 1. The Kier molecular flexibility index (Phi) is 3.71. The van der Waals surface area contributed by atoms with Gasteiger partial charge in [-0.3, -0.25) is 0 Å². The Bertz CT molecular complexity index is 85.5. The van der Waals surface area contributed by atoms with E-state index in [4.69, 9.17) is 5.11 Å². The molecule has 0 aromatic rings. The molecule has 0 amide bonds. The second kappa shape index (κ2) is 3.81. The van der Waals surface area contributed by atoms with E-state index in [0.717, 1.165) is 0 Å². The molecule has 62 valence electrons. The van der Waals surface area contributed by atoms with Gasteiger partial charge in [0.05, 0.1) is 0 Å². The molecular formula is C6H11F3O. The molecule has 0 saturated carbocycles. The van der Waals surface area contributed by atoms with Gasteiger partial charge in [-0.15, -0.1) is 0 Å². The lowest BCUT2D eigenvalue weighted by Gasteiger charge is -2.13. The summed E-state index contributed by atoms with van der Waals surface area (Å²) in [5.74, 6) is -0.625. The molecular weight excluding hydrogens is 145 g/mol. The van der Waals surface area contributed by atoms with Crippen LogP contribution in [0, 0.1) is 5.92 Å². The van der Waals surface area contributed by atoms with Crippen molar-refractivity contribution in [3.05, 3.63) is 0 Å². The molecule has 4 heteroatoms. The van der Waals surface area contributed by atoms with Gasteiger partial charge in [0, 0.05) is 13.0 Å². The van der Waals surface area contributed by atoms with Crippen LogP contribution in [0.3, 0.4) is 0 Å². The van der Waals surface area contributed by atoms with E-state index in [1.165, 1.54) is 0 Å². The number of halogens is 3. The molecule has 0 aliphatic rings. The minimum absolute atomic E-state index is 0.371. The van der Waals surface area contributed by atoms with Gasteiger partial charge in [-0.1, -0.05) is 13.3 Å². The van der Waals surface area contributed by atoms with E-state index in [1.54, 1.807) is 6.92 Å². The van der Waals surface area contributed by atoms with Crippen molar-refractivity contribution in [2.75, 3.05) is 6.61 Å². The van der Waals surface area contributed by atoms with Crippen LogP contribution in [0.25, 0.3) is 0 Å². The smallest absolute Gasteiger partial charge is 0.389 e. The van der Waals surface area contributed by atoms with E-state index in [0.29, 0.717) is 6.42 Å². The molecule has 0 fully saturated rings. The molecule has 0 aromatic carbocycles. The van der Waals surface area contributed by atoms with E-state index in [2.05, 4.69) is 0 Å². The molecule has 10 heavy (non-hydrogen) atoms. The maximum Gasteiger partial charge on any atom is 0.389 e. The average molecular weight is 156 g/mol. The van der Waals surface area contributed by atoms with Crippen LogP contribution < -0.4 is 0 Å². The summed E-state index contributed by atoms with van der Waals surface area (Å²) in [6.07, 6.45) is -4.64. The standard InChI is InChI=1S/C6H11F3O/c1-2-5(4-10)3-6(7,8)9/h5,10H,2-4H2,1H3. The minimum Gasteiger partial charge on any atom is -0.396 e. The van der Waals surface area contributed by atoms with Gasteiger partial charge in [-0.2, -0.15) is 13.2 Å². The van der Waals surface area contributed by atoms with Crippen LogP contribution in [0.5, 0.6) is 0 Å². The number of rotatable bonds is 3. The number of hydrogen-bond donors (Lipinski definition) is 1. The molecule has 1 N–H and O–H groups in total. The fraction of sp³-hybridized carbons (Fsp3) is 1.00. The van der Waals surface area contributed by atoms with Gasteiger partial charge in [0.15, 0.2) is 0 Å². The Hall–Kier alpha value is -0.250. The lowest BCUT2D eigenvalue weighted by Crippen LogP contribution is -2.17. The van der Waals surface area contributed by atoms with Gasteiger partial charge in [0.2, 0.25) is 0 Å². The summed E-state index contributed by atoms with van der Waals surface area (Å²) >= 11 is 0. The summed E-state index contributed by atoms with van der Waals surface area (Å²) in [5, 5.41) is 8.39. The molecule has 0 aliphatic heterocycles. The van der Waals surface area contributed by atoms with Crippen LogP contribution in [0.2, 0.25) is 0 Å². The number of aliphatic hydroxyl groups is 1.